The number of para-hydroxylation sites is 1. The molecule has 10 heteroatoms. The number of anilines is 1. The molecule has 0 saturated carbocycles. The van der Waals surface area contributed by atoms with Crippen LogP contribution in [-0.2, 0) is 14.8 Å². The third-order valence-electron chi connectivity index (χ3n) is 5.77. The number of piperidine rings is 1. The number of halogens is 1. The Bertz CT molecular complexity index is 1070. The summed E-state index contributed by atoms with van der Waals surface area (Å²) in [6.45, 7) is 2.87. The largest absolute Gasteiger partial charge is 0.493 e. The SMILES string of the molecule is COc1ccc(S(=O)(=O)N(CC(=O)NCCCN2CCCCC2)c2ccccc2F)cc1OC. The van der Waals surface area contributed by atoms with Crippen LogP contribution >= 0.6 is 0 Å². The van der Waals surface area contributed by atoms with Crippen molar-refractivity contribution in [1.82, 2.24) is 10.2 Å². The van der Waals surface area contributed by atoms with Crippen LogP contribution < -0.4 is 19.1 Å². The molecule has 34 heavy (non-hydrogen) atoms. The normalized spacial score (nSPS) is 14.4. The lowest BCUT2D eigenvalue weighted by atomic mass is 10.1. The maximum atomic E-state index is 14.6. The second-order valence-electron chi connectivity index (χ2n) is 8.09. The first kappa shape index (κ1) is 25.8. The zero-order valence-electron chi connectivity index (χ0n) is 19.6. The molecule has 186 valence electrons. The van der Waals surface area contributed by atoms with Crippen LogP contribution in [-0.4, -0.2) is 66.2 Å². The zero-order chi connectivity index (χ0) is 24.6. The van der Waals surface area contributed by atoms with Crippen molar-refractivity contribution in [3.8, 4) is 11.5 Å². The molecule has 1 N–H and O–H groups in total. The summed E-state index contributed by atoms with van der Waals surface area (Å²) in [5.41, 5.74) is -0.208. The van der Waals surface area contributed by atoms with Gasteiger partial charge in [0.2, 0.25) is 5.91 Å². The van der Waals surface area contributed by atoms with Crippen LogP contribution in [0.1, 0.15) is 25.7 Å². The summed E-state index contributed by atoms with van der Waals surface area (Å²) < 4.78 is 52.8. The molecule has 0 radical (unpaired) electrons. The highest BCUT2D eigenvalue weighted by atomic mass is 32.2. The Balaban J connectivity index is 1.76. The fourth-order valence-corrected chi connectivity index (χ4v) is 5.40. The van der Waals surface area contributed by atoms with Gasteiger partial charge < -0.3 is 19.7 Å². The maximum absolute atomic E-state index is 14.6. The van der Waals surface area contributed by atoms with E-state index >= 15 is 0 Å². The number of carbonyl (C=O) groups is 1. The summed E-state index contributed by atoms with van der Waals surface area (Å²) in [6, 6.07) is 9.54. The molecule has 1 saturated heterocycles. The third kappa shape index (κ3) is 6.38. The summed E-state index contributed by atoms with van der Waals surface area (Å²) in [4.78, 5) is 14.9. The number of likely N-dealkylation sites (tertiary alicyclic amines) is 1. The van der Waals surface area contributed by atoms with Crippen molar-refractivity contribution in [2.45, 2.75) is 30.6 Å². The van der Waals surface area contributed by atoms with Crippen LogP contribution in [0.25, 0.3) is 0 Å². The van der Waals surface area contributed by atoms with E-state index in [0.717, 1.165) is 36.4 Å². The molecule has 8 nitrogen and oxygen atoms in total. The average molecular weight is 494 g/mol. The van der Waals surface area contributed by atoms with Crippen LogP contribution in [0.3, 0.4) is 0 Å². The van der Waals surface area contributed by atoms with E-state index in [1.807, 2.05) is 0 Å². The molecule has 1 amide bonds. The molecule has 1 heterocycles. The number of methoxy groups -OCH3 is 2. The topological polar surface area (TPSA) is 88.2 Å². The second-order valence-corrected chi connectivity index (χ2v) is 9.95. The van der Waals surface area contributed by atoms with Gasteiger partial charge in [-0.3, -0.25) is 9.10 Å². The number of hydrogen-bond donors (Lipinski definition) is 1. The first-order valence-corrected chi connectivity index (χ1v) is 12.8. The van der Waals surface area contributed by atoms with Crippen molar-refractivity contribution in [3.63, 3.8) is 0 Å². The average Bonchev–Trinajstić information content (AvgIpc) is 2.85. The number of benzene rings is 2. The van der Waals surface area contributed by atoms with E-state index in [0.29, 0.717) is 12.3 Å². The van der Waals surface area contributed by atoms with Gasteiger partial charge in [-0.2, -0.15) is 0 Å². The Morgan fingerprint density at radius 3 is 2.44 bits per heavy atom. The first-order chi connectivity index (χ1) is 16.4. The lowest BCUT2D eigenvalue weighted by molar-refractivity contribution is -0.119. The van der Waals surface area contributed by atoms with Crippen molar-refractivity contribution in [1.29, 1.82) is 0 Å². The van der Waals surface area contributed by atoms with Crippen LogP contribution in [0, 0.1) is 5.82 Å². The molecule has 1 fully saturated rings. The molecule has 0 aliphatic carbocycles. The molecule has 0 unspecified atom stereocenters. The highest BCUT2D eigenvalue weighted by Gasteiger charge is 2.30. The van der Waals surface area contributed by atoms with Crippen molar-refractivity contribution < 1.29 is 27.1 Å². The standard InChI is InChI=1S/C24H32FN3O5S/c1-32-22-12-11-19(17-23(22)33-2)34(30,31)28(21-10-5-4-9-20(21)25)18-24(29)26-13-8-16-27-14-6-3-7-15-27/h4-5,9-12,17H,3,6-8,13-16,18H2,1-2H3,(H,26,29). The molecule has 2 aromatic carbocycles. The number of ether oxygens (including phenoxy) is 2. The van der Waals surface area contributed by atoms with Gasteiger partial charge in [-0.05, 0) is 63.2 Å². The van der Waals surface area contributed by atoms with Crippen LogP contribution in [0.5, 0.6) is 11.5 Å². The highest BCUT2D eigenvalue weighted by Crippen LogP contribution is 2.32. The van der Waals surface area contributed by atoms with Crippen LogP contribution in [0.2, 0.25) is 0 Å². The van der Waals surface area contributed by atoms with Gasteiger partial charge in [0.1, 0.15) is 12.4 Å². The van der Waals surface area contributed by atoms with E-state index in [1.165, 1.54) is 69.9 Å². The van der Waals surface area contributed by atoms with Gasteiger partial charge in [0.15, 0.2) is 11.5 Å². The third-order valence-corrected chi connectivity index (χ3v) is 7.53. The molecule has 0 spiro atoms. The minimum absolute atomic E-state index is 0.147. The van der Waals surface area contributed by atoms with E-state index in [1.54, 1.807) is 0 Å². The van der Waals surface area contributed by atoms with E-state index in [4.69, 9.17) is 9.47 Å². The summed E-state index contributed by atoms with van der Waals surface area (Å²) in [5, 5.41) is 2.77. The summed E-state index contributed by atoms with van der Waals surface area (Å²) in [5.74, 6) is -0.694. The van der Waals surface area contributed by atoms with E-state index in [-0.39, 0.29) is 16.3 Å². The molecular formula is C24H32FN3O5S. The van der Waals surface area contributed by atoms with Gasteiger partial charge in [0.25, 0.3) is 10.0 Å². The molecule has 2 aromatic rings. The first-order valence-electron chi connectivity index (χ1n) is 11.3. The van der Waals surface area contributed by atoms with Crippen LogP contribution in [0.4, 0.5) is 10.1 Å². The monoisotopic (exact) mass is 493 g/mol. The molecule has 1 aliphatic rings. The van der Waals surface area contributed by atoms with Gasteiger partial charge in [-0.1, -0.05) is 18.6 Å². The van der Waals surface area contributed by atoms with Gasteiger partial charge in [0.05, 0.1) is 24.8 Å². The number of carbonyl (C=O) groups excluding carboxylic acids is 1. The maximum Gasteiger partial charge on any atom is 0.265 e. The number of rotatable bonds is 11. The Labute approximate surface area is 200 Å². The number of amides is 1. The lowest BCUT2D eigenvalue weighted by Crippen LogP contribution is -2.42. The number of nitrogens with one attached hydrogen (secondary N) is 1. The Hall–Kier alpha value is -2.85. The summed E-state index contributed by atoms with van der Waals surface area (Å²) >= 11 is 0. The molecule has 0 bridgehead atoms. The predicted molar refractivity (Wildman–Crippen MR) is 128 cm³/mol. The van der Waals surface area contributed by atoms with E-state index < -0.39 is 28.3 Å². The molecule has 0 atom stereocenters. The van der Waals surface area contributed by atoms with Crippen molar-refractivity contribution in [3.05, 3.63) is 48.3 Å². The smallest absolute Gasteiger partial charge is 0.265 e. The Kier molecular flexibility index (Phi) is 9.12. The van der Waals surface area contributed by atoms with Crippen molar-refractivity contribution in [2.24, 2.45) is 0 Å². The Morgan fingerprint density at radius 1 is 1.06 bits per heavy atom. The number of hydrogen-bond acceptors (Lipinski definition) is 6. The molecule has 1 aliphatic heterocycles. The van der Waals surface area contributed by atoms with Gasteiger partial charge in [0, 0.05) is 12.6 Å². The minimum Gasteiger partial charge on any atom is -0.493 e. The minimum atomic E-state index is -4.29. The molecule has 0 aromatic heterocycles. The molecular weight excluding hydrogens is 461 g/mol. The quantitative estimate of drug-likeness (QED) is 0.484. The predicted octanol–water partition coefficient (Wildman–Crippen LogP) is 3.03. The van der Waals surface area contributed by atoms with Crippen molar-refractivity contribution >= 4 is 21.6 Å². The second kappa shape index (κ2) is 12.0. The fourth-order valence-electron chi connectivity index (χ4n) is 3.96. The fraction of sp³-hybridized carbons (Fsp3) is 0.458. The van der Waals surface area contributed by atoms with Gasteiger partial charge in [-0.25, -0.2) is 12.8 Å². The zero-order valence-corrected chi connectivity index (χ0v) is 20.4. The van der Waals surface area contributed by atoms with Crippen molar-refractivity contribution in [2.75, 3.05) is 51.2 Å². The van der Waals surface area contributed by atoms with Crippen LogP contribution in [0.15, 0.2) is 47.4 Å². The van der Waals surface area contributed by atoms with E-state index in [9.17, 15) is 17.6 Å². The summed E-state index contributed by atoms with van der Waals surface area (Å²) in [7, 11) is -1.46. The number of sulfonamides is 1. The molecule has 3 rings (SSSR count). The van der Waals surface area contributed by atoms with Gasteiger partial charge >= 0.3 is 0 Å². The lowest BCUT2D eigenvalue weighted by Gasteiger charge is -2.26. The Morgan fingerprint density at radius 2 is 1.76 bits per heavy atom. The van der Waals surface area contributed by atoms with E-state index in [2.05, 4.69) is 10.2 Å². The highest BCUT2D eigenvalue weighted by molar-refractivity contribution is 7.92. The van der Waals surface area contributed by atoms with Gasteiger partial charge in [-0.15, -0.1) is 0 Å². The summed E-state index contributed by atoms with van der Waals surface area (Å²) in [6.07, 6.45) is 4.40. The number of nitrogens with zero attached hydrogens (tertiary/aromatic N) is 2.